The molecule has 1 aromatic carbocycles. The first-order valence-electron chi connectivity index (χ1n) is 9.20. The number of hydrogen-bond acceptors (Lipinski definition) is 6. The molecule has 3 heterocycles. The van der Waals surface area contributed by atoms with Crippen LogP contribution in [-0.4, -0.2) is 59.7 Å². The standard InChI is InChI=1S/C19H22ClN5O2/c20-14-4-1-2-5-15(14)22-17-7-8-21-19(23-17)25-9-3-6-16(25)18(26)24-10-12-27-13-11-24/h1-2,4-5,7-8,16H,3,6,9-13H2,(H,21,22,23)/t16-/m0/s1. The van der Waals surface area contributed by atoms with Crippen molar-refractivity contribution in [2.24, 2.45) is 0 Å². The number of carbonyl (C=O) groups excluding carboxylic acids is 1. The van der Waals surface area contributed by atoms with Crippen LogP contribution in [0.15, 0.2) is 36.5 Å². The molecule has 7 nitrogen and oxygen atoms in total. The van der Waals surface area contributed by atoms with Crippen molar-refractivity contribution in [1.29, 1.82) is 0 Å². The number of hydrogen-bond donors (Lipinski definition) is 1. The van der Waals surface area contributed by atoms with Crippen molar-refractivity contribution in [3.05, 3.63) is 41.6 Å². The van der Waals surface area contributed by atoms with E-state index in [4.69, 9.17) is 16.3 Å². The first kappa shape index (κ1) is 18.0. The summed E-state index contributed by atoms with van der Waals surface area (Å²) >= 11 is 6.22. The smallest absolute Gasteiger partial charge is 0.245 e. The SMILES string of the molecule is O=C([C@@H]1CCCN1c1nccc(Nc2ccccc2Cl)n1)N1CCOCC1. The fourth-order valence-corrected chi connectivity index (χ4v) is 3.70. The molecular weight excluding hydrogens is 366 g/mol. The Morgan fingerprint density at radius 3 is 2.81 bits per heavy atom. The van der Waals surface area contributed by atoms with Crippen LogP contribution < -0.4 is 10.2 Å². The van der Waals surface area contributed by atoms with E-state index in [1.807, 2.05) is 34.1 Å². The number of ether oxygens (including phenoxy) is 1. The van der Waals surface area contributed by atoms with Crippen LogP contribution in [0.25, 0.3) is 0 Å². The molecule has 0 spiro atoms. The molecule has 1 atom stereocenters. The number of rotatable bonds is 4. The van der Waals surface area contributed by atoms with Gasteiger partial charge >= 0.3 is 0 Å². The molecule has 1 aromatic heterocycles. The van der Waals surface area contributed by atoms with Crippen LogP contribution in [0.5, 0.6) is 0 Å². The number of para-hydroxylation sites is 1. The third kappa shape index (κ3) is 3.99. The number of halogens is 1. The van der Waals surface area contributed by atoms with E-state index >= 15 is 0 Å². The third-order valence-corrected chi connectivity index (χ3v) is 5.23. The van der Waals surface area contributed by atoms with Crippen LogP contribution in [0.4, 0.5) is 17.5 Å². The lowest BCUT2D eigenvalue weighted by atomic mass is 10.2. The predicted octanol–water partition coefficient (Wildman–Crippen LogP) is 2.70. The normalized spacial score (nSPS) is 20.0. The zero-order chi connectivity index (χ0) is 18.6. The van der Waals surface area contributed by atoms with Gasteiger partial charge in [0.25, 0.3) is 0 Å². The van der Waals surface area contributed by atoms with Gasteiger partial charge in [0, 0.05) is 25.8 Å². The Morgan fingerprint density at radius 2 is 2.00 bits per heavy atom. The Morgan fingerprint density at radius 1 is 1.19 bits per heavy atom. The second-order valence-corrected chi connectivity index (χ2v) is 7.04. The second kappa shape index (κ2) is 8.10. The highest BCUT2D eigenvalue weighted by Crippen LogP contribution is 2.27. The number of carbonyl (C=O) groups is 1. The van der Waals surface area contributed by atoms with Crippen LogP contribution in [0.2, 0.25) is 5.02 Å². The summed E-state index contributed by atoms with van der Waals surface area (Å²) in [4.78, 5) is 25.9. The molecule has 2 saturated heterocycles. The molecule has 0 radical (unpaired) electrons. The number of nitrogens with one attached hydrogen (secondary N) is 1. The zero-order valence-corrected chi connectivity index (χ0v) is 15.7. The number of nitrogens with zero attached hydrogens (tertiary/aromatic N) is 4. The van der Waals surface area contributed by atoms with E-state index in [0.29, 0.717) is 43.1 Å². The minimum Gasteiger partial charge on any atom is -0.378 e. The Hall–Kier alpha value is -2.38. The molecule has 27 heavy (non-hydrogen) atoms. The van der Waals surface area contributed by atoms with Gasteiger partial charge < -0.3 is 19.9 Å². The van der Waals surface area contributed by atoms with Gasteiger partial charge in [-0.3, -0.25) is 4.79 Å². The maximum atomic E-state index is 12.9. The number of anilines is 3. The van der Waals surface area contributed by atoms with Gasteiger partial charge in [-0.2, -0.15) is 4.98 Å². The minimum absolute atomic E-state index is 0.142. The lowest BCUT2D eigenvalue weighted by Crippen LogP contribution is -2.50. The highest BCUT2D eigenvalue weighted by molar-refractivity contribution is 6.33. The largest absolute Gasteiger partial charge is 0.378 e. The molecule has 2 fully saturated rings. The molecule has 2 aromatic rings. The van der Waals surface area contributed by atoms with Gasteiger partial charge in [-0.1, -0.05) is 23.7 Å². The summed E-state index contributed by atoms with van der Waals surface area (Å²) in [7, 11) is 0. The molecule has 1 N–H and O–H groups in total. The van der Waals surface area contributed by atoms with Crippen molar-refractivity contribution in [3.63, 3.8) is 0 Å². The van der Waals surface area contributed by atoms with Crippen LogP contribution in [0.1, 0.15) is 12.8 Å². The third-order valence-electron chi connectivity index (χ3n) is 4.90. The molecule has 2 aliphatic heterocycles. The van der Waals surface area contributed by atoms with Crippen LogP contribution >= 0.6 is 11.6 Å². The summed E-state index contributed by atoms with van der Waals surface area (Å²) in [5.74, 6) is 1.36. The van der Waals surface area contributed by atoms with Crippen LogP contribution in [-0.2, 0) is 9.53 Å². The van der Waals surface area contributed by atoms with Crippen molar-refractivity contribution in [3.8, 4) is 0 Å². The minimum atomic E-state index is -0.210. The van der Waals surface area contributed by atoms with E-state index in [9.17, 15) is 4.79 Å². The average molecular weight is 388 g/mol. The summed E-state index contributed by atoms with van der Waals surface area (Å²) in [5, 5.41) is 3.85. The molecule has 0 bridgehead atoms. The average Bonchev–Trinajstić information content (AvgIpc) is 3.20. The Balaban J connectivity index is 1.52. The highest BCUT2D eigenvalue weighted by atomic mass is 35.5. The van der Waals surface area contributed by atoms with E-state index in [0.717, 1.165) is 25.1 Å². The molecule has 8 heteroatoms. The van der Waals surface area contributed by atoms with E-state index in [1.165, 1.54) is 0 Å². The lowest BCUT2D eigenvalue weighted by molar-refractivity contribution is -0.136. The van der Waals surface area contributed by atoms with Crippen LogP contribution in [0.3, 0.4) is 0 Å². The van der Waals surface area contributed by atoms with Gasteiger partial charge in [0.2, 0.25) is 11.9 Å². The summed E-state index contributed by atoms with van der Waals surface area (Å²) in [6.45, 7) is 3.28. The van der Waals surface area contributed by atoms with Gasteiger partial charge in [-0.05, 0) is 31.0 Å². The maximum absolute atomic E-state index is 12.9. The summed E-state index contributed by atoms with van der Waals surface area (Å²) in [6, 6.07) is 9.09. The quantitative estimate of drug-likeness (QED) is 0.869. The van der Waals surface area contributed by atoms with Crippen molar-refractivity contribution in [2.75, 3.05) is 43.1 Å². The van der Waals surface area contributed by atoms with Crippen molar-refractivity contribution >= 4 is 35.0 Å². The number of morpholine rings is 1. The van der Waals surface area contributed by atoms with E-state index in [-0.39, 0.29) is 11.9 Å². The van der Waals surface area contributed by atoms with E-state index < -0.39 is 0 Å². The summed E-state index contributed by atoms with van der Waals surface area (Å²) < 4.78 is 5.35. The van der Waals surface area contributed by atoms with Gasteiger partial charge in [-0.15, -0.1) is 0 Å². The highest BCUT2D eigenvalue weighted by Gasteiger charge is 2.35. The van der Waals surface area contributed by atoms with Crippen molar-refractivity contribution in [1.82, 2.24) is 14.9 Å². The lowest BCUT2D eigenvalue weighted by Gasteiger charge is -2.32. The monoisotopic (exact) mass is 387 g/mol. The van der Waals surface area contributed by atoms with E-state index in [2.05, 4.69) is 15.3 Å². The van der Waals surface area contributed by atoms with E-state index in [1.54, 1.807) is 12.3 Å². The van der Waals surface area contributed by atoms with Gasteiger partial charge in [-0.25, -0.2) is 4.98 Å². The fourth-order valence-electron chi connectivity index (χ4n) is 3.51. The van der Waals surface area contributed by atoms with Gasteiger partial charge in [0.15, 0.2) is 0 Å². The summed E-state index contributed by atoms with van der Waals surface area (Å²) in [5.41, 5.74) is 0.784. The maximum Gasteiger partial charge on any atom is 0.245 e. The van der Waals surface area contributed by atoms with Crippen molar-refractivity contribution in [2.45, 2.75) is 18.9 Å². The Labute approximate surface area is 163 Å². The van der Waals surface area contributed by atoms with Crippen molar-refractivity contribution < 1.29 is 9.53 Å². The summed E-state index contributed by atoms with van der Waals surface area (Å²) in [6.07, 6.45) is 3.48. The Bertz CT molecular complexity index is 812. The molecule has 0 saturated carbocycles. The molecule has 2 aliphatic rings. The first-order chi connectivity index (χ1) is 13.2. The second-order valence-electron chi connectivity index (χ2n) is 6.64. The molecular formula is C19H22ClN5O2. The molecule has 1 amide bonds. The molecule has 0 unspecified atom stereocenters. The zero-order valence-electron chi connectivity index (χ0n) is 15.0. The topological polar surface area (TPSA) is 70.6 Å². The Kier molecular flexibility index (Phi) is 5.40. The van der Waals surface area contributed by atoms with Gasteiger partial charge in [0.05, 0.1) is 23.9 Å². The first-order valence-corrected chi connectivity index (χ1v) is 9.58. The fraction of sp³-hybridized carbons (Fsp3) is 0.421. The predicted molar refractivity (Wildman–Crippen MR) is 105 cm³/mol. The number of benzene rings is 1. The molecule has 4 rings (SSSR count). The number of amides is 1. The molecule has 142 valence electrons. The van der Waals surface area contributed by atoms with Gasteiger partial charge in [0.1, 0.15) is 11.9 Å². The number of aromatic nitrogens is 2. The van der Waals surface area contributed by atoms with Crippen LogP contribution in [0, 0.1) is 0 Å². The molecule has 0 aliphatic carbocycles.